The predicted octanol–water partition coefficient (Wildman–Crippen LogP) is 1.86. The summed E-state index contributed by atoms with van der Waals surface area (Å²) in [4.78, 5) is 22.6. The van der Waals surface area contributed by atoms with Crippen molar-refractivity contribution < 1.29 is 19.8 Å². The number of fused-ring (bicyclic) bond motifs is 1. The molecule has 1 aromatic heterocycles. The molecule has 0 saturated carbocycles. The summed E-state index contributed by atoms with van der Waals surface area (Å²) in [6.45, 7) is -0.307. The molecule has 1 aromatic carbocycles. The van der Waals surface area contributed by atoms with Crippen molar-refractivity contribution >= 4 is 39.1 Å². The number of anilines is 1. The molecule has 106 valence electrons. The van der Waals surface area contributed by atoms with E-state index in [1.54, 1.807) is 17.4 Å². The second kappa shape index (κ2) is 6.36. The van der Waals surface area contributed by atoms with Crippen LogP contribution in [0.15, 0.2) is 29.6 Å². The van der Waals surface area contributed by atoms with Crippen LogP contribution in [0, 0.1) is 0 Å². The van der Waals surface area contributed by atoms with Crippen LogP contribution in [-0.2, 0) is 4.79 Å². The van der Waals surface area contributed by atoms with Crippen LogP contribution in [0.1, 0.15) is 6.42 Å². The van der Waals surface area contributed by atoms with E-state index in [1.807, 2.05) is 23.6 Å². The first kappa shape index (κ1) is 14.3. The number of urea groups is 1. The molecular weight excluding hydrogens is 280 g/mol. The lowest BCUT2D eigenvalue weighted by Crippen LogP contribution is -2.43. The van der Waals surface area contributed by atoms with Gasteiger partial charge in [-0.25, -0.2) is 9.59 Å². The Hall–Kier alpha value is -2.12. The van der Waals surface area contributed by atoms with Gasteiger partial charge >= 0.3 is 12.0 Å². The number of amides is 2. The molecular formula is C13H14N2O4S. The van der Waals surface area contributed by atoms with Crippen molar-refractivity contribution in [2.75, 3.05) is 11.9 Å². The molecule has 4 N–H and O–H groups in total. The Bertz CT molecular complexity index is 626. The average Bonchev–Trinajstić information content (AvgIpc) is 2.85. The van der Waals surface area contributed by atoms with Crippen LogP contribution in [0.5, 0.6) is 0 Å². The van der Waals surface area contributed by atoms with Crippen molar-refractivity contribution in [2.24, 2.45) is 0 Å². The largest absolute Gasteiger partial charge is 0.480 e. The highest BCUT2D eigenvalue weighted by Crippen LogP contribution is 2.23. The van der Waals surface area contributed by atoms with E-state index in [4.69, 9.17) is 10.2 Å². The molecule has 6 nitrogen and oxygen atoms in total. The first-order chi connectivity index (χ1) is 9.60. The normalized spacial score (nSPS) is 12.1. The molecule has 0 fully saturated rings. The van der Waals surface area contributed by atoms with E-state index in [2.05, 4.69) is 10.6 Å². The van der Waals surface area contributed by atoms with E-state index in [-0.39, 0.29) is 13.0 Å². The topological polar surface area (TPSA) is 98.7 Å². The number of hydrogen-bond donors (Lipinski definition) is 4. The fraction of sp³-hybridized carbons (Fsp3) is 0.231. The number of carboxylic acid groups (broad SMARTS) is 1. The molecule has 0 aliphatic carbocycles. The fourth-order valence-electron chi connectivity index (χ4n) is 1.76. The zero-order valence-electron chi connectivity index (χ0n) is 10.5. The van der Waals surface area contributed by atoms with E-state index in [9.17, 15) is 9.59 Å². The lowest BCUT2D eigenvalue weighted by atomic mass is 10.2. The van der Waals surface area contributed by atoms with Gasteiger partial charge in [-0.2, -0.15) is 0 Å². The first-order valence-electron chi connectivity index (χ1n) is 5.98. The first-order valence-corrected chi connectivity index (χ1v) is 6.86. The highest BCUT2D eigenvalue weighted by Gasteiger charge is 2.19. The van der Waals surface area contributed by atoms with Crippen molar-refractivity contribution in [3.8, 4) is 0 Å². The van der Waals surface area contributed by atoms with Crippen molar-refractivity contribution in [3.63, 3.8) is 0 Å². The molecule has 0 aliphatic heterocycles. The minimum atomic E-state index is -1.18. The number of thiophene rings is 1. The maximum absolute atomic E-state index is 11.7. The zero-order valence-corrected chi connectivity index (χ0v) is 11.3. The molecule has 0 aliphatic rings. The van der Waals surface area contributed by atoms with Crippen LogP contribution in [0.3, 0.4) is 0 Å². The third kappa shape index (κ3) is 3.46. The second-order valence-electron chi connectivity index (χ2n) is 4.17. The molecule has 20 heavy (non-hydrogen) atoms. The van der Waals surface area contributed by atoms with Crippen LogP contribution in [0.4, 0.5) is 10.5 Å². The highest BCUT2D eigenvalue weighted by atomic mass is 32.1. The molecule has 2 rings (SSSR count). The van der Waals surface area contributed by atoms with Crippen LogP contribution >= 0.6 is 11.3 Å². The third-order valence-corrected chi connectivity index (χ3v) is 3.63. The fourth-order valence-corrected chi connectivity index (χ4v) is 2.53. The summed E-state index contributed by atoms with van der Waals surface area (Å²) >= 11 is 1.60. The van der Waals surface area contributed by atoms with Gasteiger partial charge in [0.25, 0.3) is 0 Å². The number of aliphatic hydroxyl groups is 1. The summed E-state index contributed by atoms with van der Waals surface area (Å²) in [5.41, 5.74) is 0.585. The highest BCUT2D eigenvalue weighted by molar-refractivity contribution is 7.17. The van der Waals surface area contributed by atoms with Gasteiger partial charge in [-0.05, 0) is 35.0 Å². The van der Waals surface area contributed by atoms with Crippen molar-refractivity contribution in [1.29, 1.82) is 0 Å². The van der Waals surface area contributed by atoms with Gasteiger partial charge in [-0.1, -0.05) is 0 Å². The van der Waals surface area contributed by atoms with Crippen LogP contribution < -0.4 is 10.6 Å². The van der Waals surface area contributed by atoms with Crippen molar-refractivity contribution in [1.82, 2.24) is 5.32 Å². The van der Waals surface area contributed by atoms with Gasteiger partial charge in [-0.3, -0.25) is 0 Å². The number of aliphatic hydroxyl groups excluding tert-OH is 1. The summed E-state index contributed by atoms with van der Waals surface area (Å²) in [7, 11) is 0. The minimum Gasteiger partial charge on any atom is -0.480 e. The van der Waals surface area contributed by atoms with Gasteiger partial charge < -0.3 is 20.8 Å². The Kier molecular flexibility index (Phi) is 4.54. The molecule has 0 bridgehead atoms. The monoisotopic (exact) mass is 294 g/mol. The minimum absolute atomic E-state index is 0.0354. The Morgan fingerprint density at radius 3 is 2.80 bits per heavy atom. The standard InChI is InChI=1S/C13H14N2O4S/c16-5-3-10(12(17)18)15-13(19)14-9-1-2-11-8(7-9)4-6-20-11/h1-2,4,6-7,10,16H,3,5H2,(H,17,18)(H2,14,15,19)/t10-/m0/s1. The van der Waals surface area contributed by atoms with E-state index in [1.165, 1.54) is 0 Å². The number of rotatable bonds is 5. The van der Waals surface area contributed by atoms with Gasteiger partial charge in [0.2, 0.25) is 0 Å². The smallest absolute Gasteiger partial charge is 0.326 e. The zero-order chi connectivity index (χ0) is 14.5. The Morgan fingerprint density at radius 2 is 2.10 bits per heavy atom. The lowest BCUT2D eigenvalue weighted by Gasteiger charge is -2.14. The molecule has 2 amide bonds. The van der Waals surface area contributed by atoms with Crippen molar-refractivity contribution in [2.45, 2.75) is 12.5 Å². The van der Waals surface area contributed by atoms with Gasteiger partial charge in [-0.15, -0.1) is 11.3 Å². The molecule has 1 heterocycles. The number of nitrogens with one attached hydrogen (secondary N) is 2. The summed E-state index contributed by atoms with van der Waals surface area (Å²) in [6.07, 6.45) is -0.0354. The van der Waals surface area contributed by atoms with Crippen LogP contribution in [0.25, 0.3) is 10.1 Å². The lowest BCUT2D eigenvalue weighted by molar-refractivity contribution is -0.139. The third-order valence-electron chi connectivity index (χ3n) is 2.73. The van der Waals surface area contributed by atoms with Crippen LogP contribution in [0.2, 0.25) is 0 Å². The van der Waals surface area contributed by atoms with Crippen molar-refractivity contribution in [3.05, 3.63) is 29.6 Å². The molecule has 1 atom stereocenters. The number of benzene rings is 1. The summed E-state index contributed by atoms with van der Waals surface area (Å²) in [6, 6.07) is 5.67. The van der Waals surface area contributed by atoms with E-state index in [0.29, 0.717) is 5.69 Å². The predicted molar refractivity (Wildman–Crippen MR) is 77.1 cm³/mol. The summed E-state index contributed by atoms with van der Waals surface area (Å²) < 4.78 is 1.11. The van der Waals surface area contributed by atoms with E-state index >= 15 is 0 Å². The van der Waals surface area contributed by atoms with Gasteiger partial charge in [0.05, 0.1) is 0 Å². The maximum atomic E-state index is 11.7. The number of carboxylic acids is 1. The van der Waals surface area contributed by atoms with Gasteiger partial charge in [0.1, 0.15) is 6.04 Å². The number of carbonyl (C=O) groups excluding carboxylic acids is 1. The molecule has 0 spiro atoms. The quantitative estimate of drug-likeness (QED) is 0.676. The Labute approximate surface area is 119 Å². The van der Waals surface area contributed by atoms with Gasteiger partial charge in [0.15, 0.2) is 0 Å². The number of carbonyl (C=O) groups is 2. The second-order valence-corrected chi connectivity index (χ2v) is 5.12. The maximum Gasteiger partial charge on any atom is 0.326 e. The van der Waals surface area contributed by atoms with E-state index in [0.717, 1.165) is 10.1 Å². The molecule has 0 radical (unpaired) electrons. The Morgan fingerprint density at radius 1 is 1.30 bits per heavy atom. The average molecular weight is 294 g/mol. The summed E-state index contributed by atoms with van der Waals surface area (Å²) in [5, 5.41) is 25.5. The van der Waals surface area contributed by atoms with Crippen LogP contribution in [-0.4, -0.2) is 34.9 Å². The molecule has 0 unspecified atom stereocenters. The van der Waals surface area contributed by atoms with Gasteiger partial charge in [0, 0.05) is 23.4 Å². The number of hydrogen-bond acceptors (Lipinski definition) is 4. The number of aliphatic carboxylic acids is 1. The SMILES string of the molecule is O=C(Nc1ccc2sccc2c1)N[C@@H](CCO)C(=O)O. The molecule has 7 heteroatoms. The molecule has 2 aromatic rings. The summed E-state index contributed by atoms with van der Waals surface area (Å²) in [5.74, 6) is -1.18. The van der Waals surface area contributed by atoms with E-state index < -0.39 is 18.0 Å². The Balaban J connectivity index is 2.01. The molecule has 0 saturated heterocycles.